The number of hydrogen-bond donors (Lipinski definition) is 3. The molecule has 1 aliphatic carbocycles. The van der Waals surface area contributed by atoms with Crippen molar-refractivity contribution in [2.75, 3.05) is 33.0 Å². The van der Waals surface area contributed by atoms with Crippen molar-refractivity contribution >= 4 is 96.5 Å². The number of benzene rings is 1. The number of amides is 2. The first-order valence-electron chi connectivity index (χ1n) is 14.3. The Bertz CT molecular complexity index is 1630. The third-order valence-corrected chi connectivity index (χ3v) is 8.74. The van der Waals surface area contributed by atoms with Crippen molar-refractivity contribution in [3.63, 3.8) is 0 Å². The average molecular weight is 798 g/mol. The minimum absolute atomic E-state index is 0. The first-order chi connectivity index (χ1) is 21.6. The smallest absolute Gasteiger partial charge is 0.418 e. The molecule has 0 bridgehead atoms. The highest BCUT2D eigenvalue weighted by Gasteiger charge is 2.57. The number of rotatable bonds is 14. The largest absolute Gasteiger partial charge is 0.490 e. The second-order valence-electron chi connectivity index (χ2n) is 11.6. The Kier molecular flexibility index (Phi) is 18.3. The molecule has 3 unspecified atom stereocenters. The molecule has 1 aromatic heterocycles. The molecule has 2 heterocycles. The number of amidine groups is 1. The lowest BCUT2D eigenvalue weighted by atomic mass is 9.74. The molecular formula is C29H47N7O9S5. The van der Waals surface area contributed by atoms with Gasteiger partial charge in [-0.2, -0.15) is 54.0 Å². The van der Waals surface area contributed by atoms with Crippen molar-refractivity contribution in [2.24, 2.45) is 27.7 Å². The van der Waals surface area contributed by atoms with Gasteiger partial charge in [-0.15, -0.1) is 15.6 Å². The summed E-state index contributed by atoms with van der Waals surface area (Å²) in [4.78, 5) is 53.6. The van der Waals surface area contributed by atoms with E-state index in [1.165, 1.54) is 19.2 Å². The lowest BCUT2D eigenvalue weighted by Crippen LogP contribution is -2.68. The van der Waals surface area contributed by atoms with E-state index < -0.39 is 33.5 Å². The summed E-state index contributed by atoms with van der Waals surface area (Å²) in [6.45, 7) is 3.00. The van der Waals surface area contributed by atoms with Crippen LogP contribution in [0.4, 0.5) is 5.13 Å². The van der Waals surface area contributed by atoms with Gasteiger partial charge in [-0.3, -0.25) is 23.9 Å². The number of ether oxygens (including phenoxy) is 1. The van der Waals surface area contributed by atoms with Crippen molar-refractivity contribution in [1.29, 1.82) is 0 Å². The van der Waals surface area contributed by atoms with Gasteiger partial charge in [0.05, 0.1) is 17.5 Å². The molecule has 1 aromatic carbocycles. The molecular weight excluding hydrogens is 751 g/mol. The van der Waals surface area contributed by atoms with Crippen LogP contribution in [0.1, 0.15) is 58.2 Å². The Morgan fingerprint density at radius 2 is 1.78 bits per heavy atom. The summed E-state index contributed by atoms with van der Waals surface area (Å²) in [5, 5.41) is 6.14. The van der Waals surface area contributed by atoms with Crippen molar-refractivity contribution in [1.82, 2.24) is 14.9 Å². The summed E-state index contributed by atoms with van der Waals surface area (Å²) < 4.78 is 41.1. The van der Waals surface area contributed by atoms with Gasteiger partial charge >= 0.3 is 10.4 Å². The number of hydroxylamine groups is 2. The number of β-lactam (4-membered cyclic amide) rings is 1. The van der Waals surface area contributed by atoms with E-state index in [1.54, 1.807) is 43.3 Å². The molecule has 1 saturated carbocycles. The lowest BCUT2D eigenvalue weighted by molar-refractivity contribution is -0.228. The van der Waals surface area contributed by atoms with Gasteiger partial charge in [-0.05, 0) is 57.4 Å². The maximum absolute atomic E-state index is 13.2. The van der Waals surface area contributed by atoms with E-state index in [9.17, 15) is 22.8 Å². The monoisotopic (exact) mass is 797 g/mol. The van der Waals surface area contributed by atoms with E-state index in [4.69, 9.17) is 25.6 Å². The minimum Gasteiger partial charge on any atom is -0.490 e. The molecule has 16 nitrogen and oxygen atoms in total. The zero-order valence-corrected chi connectivity index (χ0v) is 31.9. The topological polar surface area (TPSA) is 229 Å². The standard InChI is InChI=1S/C28H37N7O9S2.CH4.3H2S/c1-28(2)20(26(38)35(28)44-46(39,40)41)14-22(36)23(21-15-45-27(30)32-21)33-43-12-11-42-19-9-6-16(7-10-19)24(29)31-18-8-5-17(13-18)25(37)34(3)4;;;;/h6-7,9-10,15,17-18,20H,5,8,11-14H2,1-4H3,(H2,29,31)(H2,30,32)(H,39,40,41);1H4;3*1H2/b33-23-;;;;. The Hall–Kier alpha value is -3.08. The second-order valence-corrected chi connectivity index (χ2v) is 13.5. The quantitative estimate of drug-likeness (QED) is 0.0625. The van der Waals surface area contributed by atoms with Gasteiger partial charge in [0.2, 0.25) is 5.91 Å². The zero-order chi connectivity index (χ0) is 33.8. The average Bonchev–Trinajstić information content (AvgIpc) is 3.64. The minimum atomic E-state index is -4.93. The number of carbonyl (C=O) groups excluding carboxylic acids is 3. The predicted octanol–water partition coefficient (Wildman–Crippen LogP) is 2.39. The van der Waals surface area contributed by atoms with Crippen LogP contribution in [0.25, 0.3) is 0 Å². The number of oxime groups is 1. The highest BCUT2D eigenvalue weighted by molar-refractivity contribution is 7.80. The number of nitrogens with zero attached hydrogens (tertiary/aromatic N) is 5. The molecule has 3 atom stereocenters. The number of nitrogens with two attached hydrogens (primary N) is 2. The van der Waals surface area contributed by atoms with Gasteiger partial charge < -0.3 is 25.9 Å². The zero-order valence-electron chi connectivity index (χ0n) is 27.3. The van der Waals surface area contributed by atoms with Crippen LogP contribution in [0.5, 0.6) is 5.75 Å². The Morgan fingerprint density at radius 1 is 1.14 bits per heavy atom. The number of hydrogen-bond acceptors (Lipinski definition) is 13. The first kappa shape index (κ1) is 46.9. The highest BCUT2D eigenvalue weighted by atomic mass is 32.3. The van der Waals surface area contributed by atoms with Crippen LogP contribution < -0.4 is 16.2 Å². The summed E-state index contributed by atoms with van der Waals surface area (Å²) in [7, 11) is -1.43. The predicted molar refractivity (Wildman–Crippen MR) is 206 cm³/mol. The van der Waals surface area contributed by atoms with Crippen LogP contribution in [0.2, 0.25) is 0 Å². The summed E-state index contributed by atoms with van der Waals surface area (Å²) >= 11 is 1.08. The van der Waals surface area contributed by atoms with Crippen LogP contribution in [0.3, 0.4) is 0 Å². The van der Waals surface area contributed by atoms with Crippen molar-refractivity contribution < 1.29 is 41.2 Å². The van der Waals surface area contributed by atoms with E-state index in [0.717, 1.165) is 29.7 Å². The molecule has 50 heavy (non-hydrogen) atoms. The second kappa shape index (κ2) is 19.5. The summed E-state index contributed by atoms with van der Waals surface area (Å²) in [5.74, 6) is -1.36. The Labute approximate surface area is 317 Å². The maximum atomic E-state index is 13.2. The fourth-order valence-electron chi connectivity index (χ4n) is 5.25. The van der Waals surface area contributed by atoms with E-state index in [2.05, 4.69) is 19.4 Å². The molecule has 2 aromatic rings. The van der Waals surface area contributed by atoms with Crippen molar-refractivity contribution in [2.45, 2.75) is 58.5 Å². The molecule has 21 heteroatoms. The number of ketones is 1. The molecule has 2 amide bonds. The highest BCUT2D eigenvalue weighted by Crippen LogP contribution is 2.40. The third kappa shape index (κ3) is 11.7. The molecule has 5 N–H and O–H groups in total. The van der Waals surface area contributed by atoms with Crippen LogP contribution in [-0.2, 0) is 33.9 Å². The SMILES string of the molecule is C.CN(C)C(=O)C1CCC(N=C(N)c2ccc(OCCO/N=C(\C(=O)CC3C(=O)N(OS(=O)(=O)O)C3(C)C)c3csc(N)n3)cc2)C1.S.S.S. The fourth-order valence-corrected chi connectivity index (χ4v) is 6.25. The number of nitrogen functional groups attached to an aromatic ring is 1. The summed E-state index contributed by atoms with van der Waals surface area (Å²) in [6, 6.07) is 7.01. The molecule has 0 spiro atoms. The Morgan fingerprint density at radius 3 is 2.32 bits per heavy atom. The summed E-state index contributed by atoms with van der Waals surface area (Å²) in [6.07, 6.45) is 1.91. The summed E-state index contributed by atoms with van der Waals surface area (Å²) in [5.41, 5.74) is 11.4. The van der Waals surface area contributed by atoms with Gasteiger partial charge in [-0.1, -0.05) is 12.6 Å². The Balaban J connectivity index is 0.00000600. The van der Waals surface area contributed by atoms with E-state index in [1.807, 2.05) is 0 Å². The molecule has 2 fully saturated rings. The molecule has 282 valence electrons. The van der Waals surface area contributed by atoms with Crippen LogP contribution in [-0.4, -0.2) is 96.0 Å². The molecule has 1 saturated heterocycles. The number of thiazole rings is 1. The van der Waals surface area contributed by atoms with Gasteiger partial charge in [0.15, 0.2) is 23.2 Å². The number of anilines is 1. The van der Waals surface area contributed by atoms with Gasteiger partial charge in [0, 0.05) is 37.4 Å². The van der Waals surface area contributed by atoms with Crippen molar-refractivity contribution in [3.05, 3.63) is 40.9 Å². The number of Topliss-reactive ketones (excluding diaryl/α,β-unsaturated/α-hetero) is 1. The van der Waals surface area contributed by atoms with E-state index in [-0.39, 0.29) is 102 Å². The number of carbonyl (C=O) groups is 3. The molecule has 2 aliphatic rings. The lowest BCUT2D eigenvalue weighted by Gasteiger charge is -2.50. The van der Waals surface area contributed by atoms with E-state index in [0.29, 0.717) is 23.1 Å². The van der Waals surface area contributed by atoms with E-state index >= 15 is 0 Å². The molecule has 0 radical (unpaired) electrons. The fraction of sp³-hybridized carbons (Fsp3) is 0.517. The normalized spacial score (nSPS) is 19.8. The number of aliphatic imine (C=N–C) groups is 1. The first-order valence-corrected chi connectivity index (χ1v) is 16.5. The van der Waals surface area contributed by atoms with Crippen LogP contribution >= 0.6 is 51.8 Å². The third-order valence-electron chi connectivity index (χ3n) is 7.73. The van der Waals surface area contributed by atoms with Crippen LogP contribution in [0, 0.1) is 11.8 Å². The van der Waals surface area contributed by atoms with Gasteiger partial charge in [0.1, 0.15) is 23.9 Å². The number of aromatic nitrogens is 1. The van der Waals surface area contributed by atoms with Crippen LogP contribution in [0.15, 0.2) is 39.8 Å². The van der Waals surface area contributed by atoms with Gasteiger partial charge in [-0.25, -0.2) is 4.98 Å². The van der Waals surface area contributed by atoms with Gasteiger partial charge in [0.25, 0.3) is 5.91 Å². The maximum Gasteiger partial charge on any atom is 0.418 e. The molecule has 1 aliphatic heterocycles. The van der Waals surface area contributed by atoms with Crippen molar-refractivity contribution in [3.8, 4) is 5.75 Å². The molecule has 4 rings (SSSR count).